The van der Waals surface area contributed by atoms with Crippen LogP contribution in [0.25, 0.3) is 0 Å². The second-order valence-corrected chi connectivity index (χ2v) is 7.14. The molecule has 4 amide bonds. The van der Waals surface area contributed by atoms with Crippen LogP contribution in [0.4, 0.5) is 18.0 Å². The zero-order valence-corrected chi connectivity index (χ0v) is 14.8. The molecule has 2 atom stereocenters. The van der Waals surface area contributed by atoms with E-state index in [4.69, 9.17) is 0 Å². The number of amides is 4. The van der Waals surface area contributed by atoms with Gasteiger partial charge in [-0.15, -0.1) is 0 Å². The van der Waals surface area contributed by atoms with Crippen LogP contribution < -0.4 is 10.6 Å². The molecule has 1 aromatic rings. The molecule has 0 aromatic heterocycles. The molecule has 2 rings (SSSR count). The Bertz CT molecular complexity index is 728. The summed E-state index contributed by atoms with van der Waals surface area (Å²) in [6, 6.07) is 5.99. The lowest BCUT2D eigenvalue weighted by atomic mass is 9.94. The fourth-order valence-corrected chi connectivity index (χ4v) is 2.48. The molecule has 1 aliphatic rings. The van der Waals surface area contributed by atoms with Gasteiger partial charge in [-0.2, -0.15) is 13.2 Å². The molecule has 0 unspecified atom stereocenters. The monoisotopic (exact) mass is 371 g/mol. The first-order valence-electron chi connectivity index (χ1n) is 7.91. The molecule has 142 valence electrons. The van der Waals surface area contributed by atoms with E-state index in [-0.39, 0.29) is 0 Å². The van der Waals surface area contributed by atoms with Crippen molar-refractivity contribution in [3.63, 3.8) is 0 Å². The van der Waals surface area contributed by atoms with Crippen molar-refractivity contribution in [1.82, 2.24) is 15.5 Å². The van der Waals surface area contributed by atoms with Crippen LogP contribution in [0.2, 0.25) is 0 Å². The number of benzene rings is 1. The Kier molecular flexibility index (Phi) is 4.78. The third kappa shape index (κ3) is 3.25. The largest absolute Gasteiger partial charge is 0.440 e. The van der Waals surface area contributed by atoms with Crippen LogP contribution >= 0.6 is 0 Å². The average Bonchev–Trinajstić information content (AvgIpc) is 2.78. The summed E-state index contributed by atoms with van der Waals surface area (Å²) in [5.41, 5.74) is -4.20. The first-order valence-corrected chi connectivity index (χ1v) is 7.91. The Balaban J connectivity index is 2.45. The van der Waals surface area contributed by atoms with E-state index in [1.54, 1.807) is 41.0 Å². The summed E-state index contributed by atoms with van der Waals surface area (Å²) in [6.07, 6.45) is -5.22. The summed E-state index contributed by atoms with van der Waals surface area (Å²) >= 11 is 0. The lowest BCUT2D eigenvalue weighted by Gasteiger charge is -2.33. The van der Waals surface area contributed by atoms with Crippen molar-refractivity contribution in [2.24, 2.45) is 5.41 Å². The molecule has 0 bridgehead atoms. The van der Waals surface area contributed by atoms with Gasteiger partial charge in [0.15, 0.2) is 0 Å². The summed E-state index contributed by atoms with van der Waals surface area (Å²) in [6.45, 7) is 5.64. The van der Waals surface area contributed by atoms with Gasteiger partial charge in [-0.1, -0.05) is 51.1 Å². The summed E-state index contributed by atoms with van der Waals surface area (Å²) in [7, 11) is 0. The highest BCUT2D eigenvalue weighted by molar-refractivity contribution is 6.09. The highest BCUT2D eigenvalue weighted by Crippen LogP contribution is 2.37. The fourth-order valence-electron chi connectivity index (χ4n) is 2.48. The molecular formula is C17H20F3N3O3. The van der Waals surface area contributed by atoms with Gasteiger partial charge in [-0.05, 0) is 12.5 Å². The summed E-state index contributed by atoms with van der Waals surface area (Å²) in [5.74, 6) is -2.58. The Morgan fingerprint density at radius 2 is 1.69 bits per heavy atom. The van der Waals surface area contributed by atoms with E-state index in [0.29, 0.717) is 10.5 Å². The molecule has 0 radical (unpaired) electrons. The lowest BCUT2D eigenvalue weighted by Crippen LogP contribution is -2.70. The van der Waals surface area contributed by atoms with E-state index in [1.807, 2.05) is 0 Å². The molecule has 6 nitrogen and oxygen atoms in total. The van der Waals surface area contributed by atoms with E-state index in [2.05, 4.69) is 0 Å². The number of hydrogen-bond donors (Lipinski definition) is 2. The number of alkyl halides is 3. The van der Waals surface area contributed by atoms with Gasteiger partial charge in [0.05, 0.1) is 6.04 Å². The highest BCUT2D eigenvalue weighted by atomic mass is 19.4. The maximum absolute atomic E-state index is 13.8. The van der Waals surface area contributed by atoms with Gasteiger partial charge >= 0.3 is 12.2 Å². The van der Waals surface area contributed by atoms with Gasteiger partial charge in [0.1, 0.15) is 0 Å². The number of halogens is 3. The first kappa shape index (κ1) is 19.7. The van der Waals surface area contributed by atoms with E-state index < -0.39 is 41.1 Å². The molecule has 0 aliphatic carbocycles. The predicted molar refractivity (Wildman–Crippen MR) is 86.6 cm³/mol. The Hall–Kier alpha value is -2.58. The third-order valence-corrected chi connectivity index (χ3v) is 4.13. The standard InChI is InChI=1S/C17H20F3N3O3/c1-10(11-8-6-5-7-9-11)23-13(25)16(17(18,19)20,22-14(23)26)21-12(24)15(2,3)4/h5-10H,1-4H3,(H,21,24)(H,22,26)/t10-,16-/m0/s1. The molecule has 2 N–H and O–H groups in total. The van der Waals surface area contributed by atoms with Crippen molar-refractivity contribution in [3.05, 3.63) is 35.9 Å². The zero-order chi connectivity index (χ0) is 19.9. The number of hydrogen-bond acceptors (Lipinski definition) is 3. The number of carbonyl (C=O) groups is 3. The molecule has 1 fully saturated rings. The minimum Gasteiger partial charge on any atom is -0.317 e. The molecular weight excluding hydrogens is 351 g/mol. The first-order chi connectivity index (χ1) is 11.8. The van der Waals surface area contributed by atoms with Crippen LogP contribution in [0, 0.1) is 5.41 Å². The summed E-state index contributed by atoms with van der Waals surface area (Å²) in [4.78, 5) is 37.5. The van der Waals surface area contributed by atoms with E-state index >= 15 is 0 Å². The van der Waals surface area contributed by atoms with E-state index in [1.165, 1.54) is 27.7 Å². The van der Waals surface area contributed by atoms with Gasteiger partial charge in [0.2, 0.25) is 5.91 Å². The lowest BCUT2D eigenvalue weighted by molar-refractivity contribution is -0.205. The molecule has 0 saturated carbocycles. The second kappa shape index (κ2) is 6.30. The van der Waals surface area contributed by atoms with Crippen LogP contribution in [0.3, 0.4) is 0 Å². The van der Waals surface area contributed by atoms with Crippen molar-refractivity contribution >= 4 is 17.8 Å². The molecule has 1 aromatic carbocycles. The molecule has 0 spiro atoms. The third-order valence-electron chi connectivity index (χ3n) is 4.13. The van der Waals surface area contributed by atoms with Crippen LogP contribution in [0.5, 0.6) is 0 Å². The maximum Gasteiger partial charge on any atom is 0.440 e. The van der Waals surface area contributed by atoms with Crippen molar-refractivity contribution in [2.45, 2.75) is 45.6 Å². The molecule has 1 heterocycles. The quantitative estimate of drug-likeness (QED) is 0.802. The maximum atomic E-state index is 13.8. The SMILES string of the molecule is C[C@@H](c1ccccc1)N1C(=O)N[C@](NC(=O)C(C)(C)C)(C(F)(F)F)C1=O. The minimum atomic E-state index is -5.22. The van der Waals surface area contributed by atoms with Gasteiger partial charge < -0.3 is 5.32 Å². The molecule has 1 saturated heterocycles. The zero-order valence-electron chi connectivity index (χ0n) is 14.8. The number of carbonyl (C=O) groups excluding carboxylic acids is 3. The van der Waals surface area contributed by atoms with Gasteiger partial charge in [-0.25, -0.2) is 4.79 Å². The van der Waals surface area contributed by atoms with E-state index in [0.717, 1.165) is 0 Å². The normalized spacial score (nSPS) is 22.2. The topological polar surface area (TPSA) is 78.5 Å². The number of nitrogens with one attached hydrogen (secondary N) is 2. The minimum absolute atomic E-state index is 0.478. The van der Waals surface area contributed by atoms with E-state index in [9.17, 15) is 27.6 Å². The van der Waals surface area contributed by atoms with Crippen molar-refractivity contribution in [1.29, 1.82) is 0 Å². The second-order valence-electron chi connectivity index (χ2n) is 7.14. The van der Waals surface area contributed by atoms with Crippen molar-refractivity contribution < 1.29 is 27.6 Å². The van der Waals surface area contributed by atoms with Crippen LogP contribution in [0.1, 0.15) is 39.3 Å². The van der Waals surface area contributed by atoms with Crippen molar-refractivity contribution in [3.8, 4) is 0 Å². The van der Waals surface area contributed by atoms with Gasteiger partial charge in [0.25, 0.3) is 11.6 Å². The summed E-state index contributed by atoms with van der Waals surface area (Å²) < 4.78 is 41.3. The molecule has 9 heteroatoms. The smallest absolute Gasteiger partial charge is 0.317 e. The average molecular weight is 371 g/mol. The Labute approximate surface area is 148 Å². The fraction of sp³-hybridized carbons (Fsp3) is 0.471. The van der Waals surface area contributed by atoms with Crippen LogP contribution in [-0.2, 0) is 9.59 Å². The number of rotatable bonds is 3. The highest BCUT2D eigenvalue weighted by Gasteiger charge is 2.69. The van der Waals surface area contributed by atoms with Gasteiger partial charge in [0, 0.05) is 5.41 Å². The van der Waals surface area contributed by atoms with Crippen LogP contribution in [-0.4, -0.2) is 34.6 Å². The van der Waals surface area contributed by atoms with Gasteiger partial charge in [-0.3, -0.25) is 19.8 Å². The number of urea groups is 1. The Morgan fingerprint density at radius 3 is 2.15 bits per heavy atom. The Morgan fingerprint density at radius 1 is 1.15 bits per heavy atom. The number of nitrogens with zero attached hydrogens (tertiary/aromatic N) is 1. The molecule has 1 aliphatic heterocycles. The number of imide groups is 1. The van der Waals surface area contributed by atoms with Crippen LogP contribution in [0.15, 0.2) is 30.3 Å². The summed E-state index contributed by atoms with van der Waals surface area (Å²) in [5, 5.41) is 3.34. The van der Waals surface area contributed by atoms with Crippen molar-refractivity contribution in [2.75, 3.05) is 0 Å². The predicted octanol–water partition coefficient (Wildman–Crippen LogP) is 2.72. The molecule has 26 heavy (non-hydrogen) atoms.